The van der Waals surface area contributed by atoms with Crippen molar-refractivity contribution in [1.29, 1.82) is 0 Å². The number of carbonyl (C=O) groups is 3. The minimum absolute atomic E-state index is 0.185. The Kier molecular flexibility index (Phi) is 6.50. The van der Waals surface area contributed by atoms with E-state index in [1.165, 1.54) is 17.6 Å². The number of ether oxygens (including phenoxy) is 1. The van der Waals surface area contributed by atoms with E-state index in [2.05, 4.69) is 10.6 Å². The van der Waals surface area contributed by atoms with Crippen LogP contribution < -0.4 is 10.6 Å². The molecule has 0 aliphatic carbocycles. The van der Waals surface area contributed by atoms with Crippen LogP contribution in [-0.2, 0) is 11.2 Å². The Balaban J connectivity index is 1.76. The lowest BCUT2D eigenvalue weighted by molar-refractivity contribution is 0.0526. The van der Waals surface area contributed by atoms with Crippen LogP contribution in [0.4, 0.5) is 10.0 Å². The minimum Gasteiger partial charge on any atom is -0.462 e. The number of amides is 2. The molecule has 0 aliphatic rings. The van der Waals surface area contributed by atoms with Crippen LogP contribution in [0.2, 0.25) is 0 Å². The molecule has 0 aromatic carbocycles. The number of carbonyl (C=O) groups excluding carboxylic acids is 3. The van der Waals surface area contributed by atoms with Gasteiger partial charge >= 0.3 is 5.97 Å². The molecule has 2 amide bonds. The smallest absolute Gasteiger partial charge is 0.341 e. The van der Waals surface area contributed by atoms with Crippen LogP contribution in [0.3, 0.4) is 0 Å². The molecule has 2 N–H and O–H groups in total. The number of nitrogens with one attached hydrogen (secondary N) is 2. The number of rotatable bonds is 7. The second-order valence-electron chi connectivity index (χ2n) is 5.96. The number of furan rings is 1. The van der Waals surface area contributed by atoms with Gasteiger partial charge in [-0.3, -0.25) is 9.59 Å². The highest BCUT2D eigenvalue weighted by molar-refractivity contribution is 7.19. The molecule has 152 valence electrons. The lowest BCUT2D eigenvalue weighted by atomic mass is 10.1. The van der Waals surface area contributed by atoms with Gasteiger partial charge < -0.3 is 19.8 Å². The van der Waals surface area contributed by atoms with Crippen molar-refractivity contribution in [2.24, 2.45) is 0 Å². The maximum atomic E-state index is 12.7. The molecular weight excluding hydrogens is 412 g/mol. The molecule has 9 heteroatoms. The highest BCUT2D eigenvalue weighted by Gasteiger charge is 2.24. The van der Waals surface area contributed by atoms with Gasteiger partial charge in [0.1, 0.15) is 5.00 Å². The van der Waals surface area contributed by atoms with Crippen LogP contribution >= 0.6 is 22.7 Å². The van der Waals surface area contributed by atoms with E-state index < -0.39 is 11.9 Å². The Morgan fingerprint density at radius 2 is 1.86 bits per heavy atom. The van der Waals surface area contributed by atoms with Gasteiger partial charge in [-0.05, 0) is 50.1 Å². The Labute approximate surface area is 175 Å². The summed E-state index contributed by atoms with van der Waals surface area (Å²) in [4.78, 5) is 38.5. The Bertz CT molecular complexity index is 1030. The van der Waals surface area contributed by atoms with Crippen molar-refractivity contribution in [2.45, 2.75) is 27.2 Å². The highest BCUT2D eigenvalue weighted by Crippen LogP contribution is 2.35. The third-order valence-electron chi connectivity index (χ3n) is 4.08. The van der Waals surface area contributed by atoms with Gasteiger partial charge in [0.15, 0.2) is 5.76 Å². The van der Waals surface area contributed by atoms with Crippen LogP contribution in [0.1, 0.15) is 54.9 Å². The van der Waals surface area contributed by atoms with Crippen molar-refractivity contribution in [3.05, 3.63) is 57.2 Å². The zero-order valence-corrected chi connectivity index (χ0v) is 17.8. The van der Waals surface area contributed by atoms with Crippen LogP contribution in [-0.4, -0.2) is 24.4 Å². The molecule has 3 rings (SSSR count). The molecule has 29 heavy (non-hydrogen) atoms. The van der Waals surface area contributed by atoms with Crippen molar-refractivity contribution in [1.82, 2.24) is 0 Å². The van der Waals surface area contributed by atoms with Gasteiger partial charge in [0.05, 0.1) is 28.3 Å². The summed E-state index contributed by atoms with van der Waals surface area (Å²) in [5.41, 5.74) is 1.29. The van der Waals surface area contributed by atoms with Gasteiger partial charge in [-0.2, -0.15) is 0 Å². The maximum absolute atomic E-state index is 12.7. The second-order valence-corrected chi connectivity index (χ2v) is 8.27. The standard InChI is InChI=1S/C20H20N2O5S2/c1-4-12-11(3)28-19(16(12)20(25)26-5-2)22-18(24)14-8-9-15(29-14)21-17(23)13-7-6-10-27-13/h6-10H,4-5H2,1-3H3,(H,21,23)(H,22,24). The molecule has 0 atom stereocenters. The summed E-state index contributed by atoms with van der Waals surface area (Å²) in [5, 5.41) is 6.48. The topological polar surface area (TPSA) is 97.6 Å². The number of esters is 1. The summed E-state index contributed by atoms with van der Waals surface area (Å²) in [5.74, 6) is -1.01. The van der Waals surface area contributed by atoms with Crippen LogP contribution in [0.5, 0.6) is 0 Å². The molecule has 0 saturated heterocycles. The monoisotopic (exact) mass is 432 g/mol. The summed E-state index contributed by atoms with van der Waals surface area (Å²) in [6, 6.07) is 6.43. The summed E-state index contributed by atoms with van der Waals surface area (Å²) in [6.07, 6.45) is 2.07. The Morgan fingerprint density at radius 1 is 1.07 bits per heavy atom. The van der Waals surface area contributed by atoms with Gasteiger partial charge in [0.25, 0.3) is 11.8 Å². The first kappa shape index (κ1) is 20.8. The van der Waals surface area contributed by atoms with Gasteiger partial charge in [0.2, 0.25) is 0 Å². The third kappa shape index (κ3) is 4.57. The van der Waals surface area contributed by atoms with Gasteiger partial charge in [-0.15, -0.1) is 22.7 Å². The fourth-order valence-corrected chi connectivity index (χ4v) is 4.71. The zero-order valence-electron chi connectivity index (χ0n) is 16.2. The van der Waals surface area contributed by atoms with Crippen molar-refractivity contribution < 1.29 is 23.5 Å². The summed E-state index contributed by atoms with van der Waals surface area (Å²) in [7, 11) is 0. The molecular formula is C20H20N2O5S2. The molecule has 7 nitrogen and oxygen atoms in total. The maximum Gasteiger partial charge on any atom is 0.341 e. The molecule has 0 unspecified atom stereocenters. The van der Waals surface area contributed by atoms with E-state index in [0.717, 1.165) is 21.8 Å². The molecule has 0 radical (unpaired) electrons. The number of hydrogen-bond acceptors (Lipinski definition) is 7. The van der Waals surface area contributed by atoms with Crippen LogP contribution in [0.15, 0.2) is 34.9 Å². The SMILES string of the molecule is CCOC(=O)c1c(NC(=O)c2ccc(NC(=O)c3ccco3)s2)sc(C)c1CC. The summed E-state index contributed by atoms with van der Waals surface area (Å²) < 4.78 is 10.2. The number of hydrogen-bond donors (Lipinski definition) is 2. The average Bonchev–Trinajstić information content (AvgIpc) is 3.41. The van der Waals surface area contributed by atoms with Gasteiger partial charge in [-0.25, -0.2) is 4.79 Å². The van der Waals surface area contributed by atoms with Gasteiger partial charge in [0, 0.05) is 4.88 Å². The second kappa shape index (κ2) is 9.06. The van der Waals surface area contributed by atoms with Crippen molar-refractivity contribution in [3.63, 3.8) is 0 Å². The first-order valence-corrected chi connectivity index (χ1v) is 10.6. The Hall–Kier alpha value is -2.91. The molecule has 0 saturated carbocycles. The number of anilines is 2. The predicted octanol–water partition coefficient (Wildman–Crippen LogP) is 4.95. The molecule has 0 spiro atoms. The normalized spacial score (nSPS) is 10.6. The van der Waals surface area contributed by atoms with E-state index in [1.54, 1.807) is 31.2 Å². The largest absolute Gasteiger partial charge is 0.462 e. The zero-order chi connectivity index (χ0) is 21.0. The first-order chi connectivity index (χ1) is 13.9. The van der Waals surface area contributed by atoms with Crippen molar-refractivity contribution >= 4 is 50.5 Å². The van der Waals surface area contributed by atoms with E-state index in [-0.39, 0.29) is 18.3 Å². The predicted molar refractivity (Wildman–Crippen MR) is 113 cm³/mol. The van der Waals surface area contributed by atoms with E-state index in [1.807, 2.05) is 13.8 Å². The third-order valence-corrected chi connectivity index (χ3v) is 6.14. The van der Waals surface area contributed by atoms with E-state index in [4.69, 9.17) is 9.15 Å². The number of thiophene rings is 2. The van der Waals surface area contributed by atoms with E-state index >= 15 is 0 Å². The van der Waals surface area contributed by atoms with E-state index in [9.17, 15) is 14.4 Å². The Morgan fingerprint density at radius 3 is 2.52 bits per heavy atom. The van der Waals surface area contributed by atoms with Crippen molar-refractivity contribution in [2.75, 3.05) is 17.2 Å². The highest BCUT2D eigenvalue weighted by atomic mass is 32.1. The summed E-state index contributed by atoms with van der Waals surface area (Å²) >= 11 is 2.48. The van der Waals surface area contributed by atoms with Crippen LogP contribution in [0, 0.1) is 6.92 Å². The van der Waals surface area contributed by atoms with E-state index in [0.29, 0.717) is 26.9 Å². The quantitative estimate of drug-likeness (QED) is 0.515. The average molecular weight is 433 g/mol. The summed E-state index contributed by atoms with van der Waals surface area (Å²) in [6.45, 7) is 5.87. The minimum atomic E-state index is -0.443. The molecule has 0 aliphatic heterocycles. The van der Waals surface area contributed by atoms with Crippen molar-refractivity contribution in [3.8, 4) is 0 Å². The lowest BCUT2D eigenvalue weighted by Gasteiger charge is -2.07. The molecule has 3 aromatic rings. The first-order valence-electron chi connectivity index (χ1n) is 9.00. The molecule has 3 aromatic heterocycles. The fourth-order valence-electron chi connectivity index (χ4n) is 2.78. The number of aryl methyl sites for hydroxylation is 1. The molecule has 0 fully saturated rings. The molecule has 0 bridgehead atoms. The fraction of sp³-hybridized carbons (Fsp3) is 0.250. The lowest BCUT2D eigenvalue weighted by Crippen LogP contribution is -2.14. The molecule has 3 heterocycles. The van der Waals surface area contributed by atoms with Gasteiger partial charge in [-0.1, -0.05) is 6.92 Å². The van der Waals surface area contributed by atoms with Crippen LogP contribution in [0.25, 0.3) is 0 Å².